The SMILES string of the molecule is COc1ncccc1NC1CCCc2sccc21. The lowest BCUT2D eigenvalue weighted by Crippen LogP contribution is -2.16. The van der Waals surface area contributed by atoms with Gasteiger partial charge in [-0.25, -0.2) is 4.98 Å². The van der Waals surface area contributed by atoms with Crippen molar-refractivity contribution in [1.29, 1.82) is 0 Å². The van der Waals surface area contributed by atoms with Gasteiger partial charge in [-0.05, 0) is 48.4 Å². The molecule has 0 saturated carbocycles. The van der Waals surface area contributed by atoms with E-state index in [1.54, 1.807) is 13.3 Å². The smallest absolute Gasteiger partial charge is 0.237 e. The van der Waals surface area contributed by atoms with E-state index in [1.165, 1.54) is 29.7 Å². The number of ether oxygens (including phenoxy) is 1. The summed E-state index contributed by atoms with van der Waals surface area (Å²) in [6, 6.07) is 6.58. The molecule has 0 fully saturated rings. The van der Waals surface area contributed by atoms with E-state index in [0.29, 0.717) is 11.9 Å². The third kappa shape index (κ3) is 2.08. The summed E-state index contributed by atoms with van der Waals surface area (Å²) in [4.78, 5) is 5.74. The molecule has 0 aromatic carbocycles. The maximum absolute atomic E-state index is 5.29. The van der Waals surface area contributed by atoms with E-state index >= 15 is 0 Å². The van der Waals surface area contributed by atoms with E-state index in [2.05, 4.69) is 21.7 Å². The van der Waals surface area contributed by atoms with E-state index in [-0.39, 0.29) is 0 Å². The molecule has 1 aliphatic rings. The minimum atomic E-state index is 0.387. The first-order chi connectivity index (χ1) is 8.88. The summed E-state index contributed by atoms with van der Waals surface area (Å²) >= 11 is 1.86. The normalized spacial score (nSPS) is 18.2. The van der Waals surface area contributed by atoms with Gasteiger partial charge in [0.25, 0.3) is 0 Å². The Labute approximate surface area is 111 Å². The van der Waals surface area contributed by atoms with Crippen molar-refractivity contribution in [2.45, 2.75) is 25.3 Å². The van der Waals surface area contributed by atoms with Gasteiger partial charge >= 0.3 is 0 Å². The minimum absolute atomic E-state index is 0.387. The second-order valence-corrected chi connectivity index (χ2v) is 5.45. The highest BCUT2D eigenvalue weighted by atomic mass is 32.1. The molecule has 0 bridgehead atoms. The number of aryl methyl sites for hydroxylation is 1. The number of fused-ring (bicyclic) bond motifs is 1. The second-order valence-electron chi connectivity index (χ2n) is 4.45. The number of nitrogens with one attached hydrogen (secondary N) is 1. The molecule has 3 nitrogen and oxygen atoms in total. The first-order valence-electron chi connectivity index (χ1n) is 6.20. The van der Waals surface area contributed by atoms with Gasteiger partial charge in [0, 0.05) is 11.1 Å². The van der Waals surface area contributed by atoms with E-state index in [0.717, 1.165) is 5.69 Å². The zero-order valence-electron chi connectivity index (χ0n) is 10.3. The molecule has 0 aliphatic heterocycles. The van der Waals surface area contributed by atoms with Crippen LogP contribution >= 0.6 is 11.3 Å². The molecular weight excluding hydrogens is 244 g/mol. The lowest BCUT2D eigenvalue weighted by Gasteiger charge is -2.25. The molecule has 2 aromatic rings. The largest absolute Gasteiger partial charge is 0.480 e. The molecule has 18 heavy (non-hydrogen) atoms. The summed E-state index contributed by atoms with van der Waals surface area (Å²) in [5.74, 6) is 0.667. The zero-order chi connectivity index (χ0) is 12.4. The zero-order valence-corrected chi connectivity index (χ0v) is 11.2. The Morgan fingerprint density at radius 2 is 2.39 bits per heavy atom. The van der Waals surface area contributed by atoms with Crippen molar-refractivity contribution in [2.75, 3.05) is 12.4 Å². The van der Waals surface area contributed by atoms with Crippen LogP contribution < -0.4 is 10.1 Å². The van der Waals surface area contributed by atoms with Crippen molar-refractivity contribution in [1.82, 2.24) is 4.98 Å². The number of hydrogen-bond acceptors (Lipinski definition) is 4. The number of methoxy groups -OCH3 is 1. The number of pyridine rings is 1. The molecule has 4 heteroatoms. The Balaban J connectivity index is 1.86. The number of nitrogens with zero attached hydrogens (tertiary/aromatic N) is 1. The lowest BCUT2D eigenvalue weighted by atomic mass is 9.94. The van der Waals surface area contributed by atoms with Crippen molar-refractivity contribution < 1.29 is 4.74 Å². The molecule has 1 aliphatic carbocycles. The average Bonchev–Trinajstić information content (AvgIpc) is 2.89. The highest BCUT2D eigenvalue weighted by Crippen LogP contribution is 2.36. The fraction of sp³-hybridized carbons (Fsp3) is 0.357. The first-order valence-corrected chi connectivity index (χ1v) is 7.08. The third-order valence-electron chi connectivity index (χ3n) is 3.35. The fourth-order valence-corrected chi connectivity index (χ4v) is 3.47. The van der Waals surface area contributed by atoms with Crippen molar-refractivity contribution in [3.63, 3.8) is 0 Å². The summed E-state index contributed by atoms with van der Waals surface area (Å²) in [7, 11) is 1.66. The van der Waals surface area contributed by atoms with Crippen LogP contribution in [0.4, 0.5) is 5.69 Å². The number of hydrogen-bond donors (Lipinski definition) is 1. The standard InChI is InChI=1S/C14H16N2OS/c1-17-14-12(5-3-8-15-14)16-11-4-2-6-13-10(11)7-9-18-13/h3,5,7-9,11,16H,2,4,6H2,1H3. The van der Waals surface area contributed by atoms with Crippen molar-refractivity contribution >= 4 is 17.0 Å². The van der Waals surface area contributed by atoms with Crippen LogP contribution in [0.25, 0.3) is 0 Å². The summed E-state index contributed by atoms with van der Waals surface area (Å²) in [6.07, 6.45) is 5.38. The maximum Gasteiger partial charge on any atom is 0.237 e. The fourth-order valence-electron chi connectivity index (χ4n) is 2.49. The molecule has 0 radical (unpaired) electrons. The van der Waals surface area contributed by atoms with Crippen LogP contribution in [0.15, 0.2) is 29.8 Å². The Morgan fingerprint density at radius 3 is 3.28 bits per heavy atom. The van der Waals surface area contributed by atoms with Crippen LogP contribution in [0.1, 0.15) is 29.3 Å². The number of anilines is 1. The lowest BCUT2D eigenvalue weighted by molar-refractivity contribution is 0.399. The van der Waals surface area contributed by atoms with E-state index in [9.17, 15) is 0 Å². The highest BCUT2D eigenvalue weighted by molar-refractivity contribution is 7.10. The van der Waals surface area contributed by atoms with Crippen LogP contribution in [-0.2, 0) is 6.42 Å². The van der Waals surface area contributed by atoms with E-state index < -0.39 is 0 Å². The van der Waals surface area contributed by atoms with Gasteiger partial charge in [-0.3, -0.25) is 0 Å². The molecule has 94 valence electrons. The monoisotopic (exact) mass is 260 g/mol. The van der Waals surface area contributed by atoms with Crippen LogP contribution in [0.5, 0.6) is 5.88 Å². The molecule has 2 aromatic heterocycles. The predicted octanol–water partition coefficient (Wildman–Crippen LogP) is 3.64. The summed E-state index contributed by atoms with van der Waals surface area (Å²) in [6.45, 7) is 0. The molecular formula is C14H16N2OS. The Bertz CT molecular complexity index is 538. The molecule has 1 N–H and O–H groups in total. The molecule has 0 saturated heterocycles. The van der Waals surface area contributed by atoms with Crippen LogP contribution in [0.3, 0.4) is 0 Å². The van der Waals surface area contributed by atoms with Crippen LogP contribution in [0.2, 0.25) is 0 Å². The summed E-state index contributed by atoms with van der Waals surface area (Å²) in [5.41, 5.74) is 2.42. The second kappa shape index (κ2) is 4.98. The Hall–Kier alpha value is -1.55. The Kier molecular flexibility index (Phi) is 3.19. The predicted molar refractivity (Wildman–Crippen MR) is 74.4 cm³/mol. The van der Waals surface area contributed by atoms with Crippen molar-refractivity contribution in [3.05, 3.63) is 40.2 Å². The molecule has 1 unspecified atom stereocenters. The number of thiophene rings is 1. The van der Waals surface area contributed by atoms with Crippen molar-refractivity contribution in [2.24, 2.45) is 0 Å². The summed E-state index contributed by atoms with van der Waals surface area (Å²) < 4.78 is 5.29. The molecule has 0 spiro atoms. The average molecular weight is 260 g/mol. The summed E-state index contributed by atoms with van der Waals surface area (Å²) in [5, 5.41) is 5.75. The first kappa shape index (κ1) is 11.5. The van der Waals surface area contributed by atoms with Gasteiger partial charge < -0.3 is 10.1 Å². The van der Waals surface area contributed by atoms with E-state index in [4.69, 9.17) is 4.74 Å². The highest BCUT2D eigenvalue weighted by Gasteiger charge is 2.21. The Morgan fingerprint density at radius 1 is 1.44 bits per heavy atom. The van der Waals surface area contributed by atoms with Crippen LogP contribution in [-0.4, -0.2) is 12.1 Å². The van der Waals surface area contributed by atoms with Gasteiger partial charge in [0.1, 0.15) is 0 Å². The van der Waals surface area contributed by atoms with Gasteiger partial charge in [-0.2, -0.15) is 0 Å². The number of aromatic nitrogens is 1. The molecule has 2 heterocycles. The quantitative estimate of drug-likeness (QED) is 0.914. The van der Waals surface area contributed by atoms with Gasteiger partial charge in [0.2, 0.25) is 5.88 Å². The van der Waals surface area contributed by atoms with Gasteiger partial charge in [-0.15, -0.1) is 11.3 Å². The van der Waals surface area contributed by atoms with Gasteiger partial charge in [0.05, 0.1) is 18.8 Å². The molecule has 0 amide bonds. The number of rotatable bonds is 3. The van der Waals surface area contributed by atoms with Crippen LogP contribution in [0, 0.1) is 0 Å². The van der Waals surface area contributed by atoms with Crippen molar-refractivity contribution in [3.8, 4) is 5.88 Å². The minimum Gasteiger partial charge on any atom is -0.480 e. The molecule has 1 atom stereocenters. The van der Waals surface area contributed by atoms with Gasteiger partial charge in [0.15, 0.2) is 0 Å². The third-order valence-corrected chi connectivity index (χ3v) is 4.34. The molecule has 3 rings (SSSR count). The van der Waals surface area contributed by atoms with E-state index in [1.807, 2.05) is 23.5 Å². The maximum atomic E-state index is 5.29. The van der Waals surface area contributed by atoms with Gasteiger partial charge in [-0.1, -0.05) is 0 Å². The topological polar surface area (TPSA) is 34.1 Å².